The van der Waals surface area contributed by atoms with Gasteiger partial charge in [0.25, 0.3) is 5.56 Å². The highest BCUT2D eigenvalue weighted by Crippen LogP contribution is 2.59. The molecule has 3 fully saturated rings. The lowest BCUT2D eigenvalue weighted by atomic mass is 10.0. The molecule has 0 aromatic carbocycles. The number of nitrogens with zero attached hydrogens (tertiary/aromatic N) is 5. The summed E-state index contributed by atoms with van der Waals surface area (Å²) in [5, 5.41) is 14.1. The maximum atomic E-state index is 14.1. The summed E-state index contributed by atoms with van der Waals surface area (Å²) in [5.74, 6) is -1.13. The van der Waals surface area contributed by atoms with Gasteiger partial charge in [-0.25, -0.2) is 28.5 Å². The molecule has 1 aliphatic carbocycles. The maximum Gasteiger partial charge on any atom is 0.386 e. The lowest BCUT2D eigenvalue weighted by Crippen LogP contribution is -2.35. The van der Waals surface area contributed by atoms with Gasteiger partial charge < -0.3 is 25.4 Å². The number of nitrogen functional groups attached to an aromatic ring is 1. The maximum absolute atomic E-state index is 14.1. The van der Waals surface area contributed by atoms with Crippen molar-refractivity contribution in [3.8, 4) is 0 Å². The van der Waals surface area contributed by atoms with Crippen LogP contribution in [0.3, 0.4) is 0 Å². The van der Waals surface area contributed by atoms with Gasteiger partial charge in [-0.05, 0) is 25.2 Å². The fourth-order valence-electron chi connectivity index (χ4n) is 5.44. The number of nitrogens with two attached hydrogens (primary N) is 1. The topological polar surface area (TPSA) is 228 Å². The van der Waals surface area contributed by atoms with Crippen LogP contribution < -0.4 is 16.6 Å². The first-order chi connectivity index (χ1) is 20.4. The van der Waals surface area contributed by atoms with Gasteiger partial charge in [0.2, 0.25) is 5.95 Å². The molecule has 3 aliphatic rings. The predicted octanol–water partition coefficient (Wildman–Crippen LogP) is 2.06. The zero-order chi connectivity index (χ0) is 30.5. The lowest BCUT2D eigenvalue weighted by molar-refractivity contribution is -0.0467. The zero-order valence-corrected chi connectivity index (χ0v) is 25.6. The summed E-state index contributed by atoms with van der Waals surface area (Å²) in [7, 11) is 0. The van der Waals surface area contributed by atoms with Gasteiger partial charge >= 0.3 is 13.6 Å². The number of hydrogen-bond acceptors (Lipinski definition) is 15. The lowest BCUT2D eigenvalue weighted by Gasteiger charge is -2.26. The minimum absolute atomic E-state index is 0.00230. The molecule has 3 aromatic rings. The Bertz CT molecular complexity index is 1670. The second-order valence-electron chi connectivity index (χ2n) is 10.2. The van der Waals surface area contributed by atoms with Crippen molar-refractivity contribution in [1.29, 1.82) is 0 Å². The number of aliphatic hydroxyl groups is 1. The first kappa shape index (κ1) is 30.9. The predicted molar refractivity (Wildman–Crippen MR) is 154 cm³/mol. The fourth-order valence-corrected chi connectivity index (χ4v) is 8.51. The molecule has 5 heterocycles. The molecule has 2 bridgehead atoms. The van der Waals surface area contributed by atoms with Crippen LogP contribution in [0.5, 0.6) is 0 Å². The summed E-state index contributed by atoms with van der Waals surface area (Å²) in [4.78, 5) is 30.3. The Morgan fingerprint density at radius 3 is 2.74 bits per heavy atom. The molecule has 234 valence electrons. The highest BCUT2D eigenvalue weighted by atomic mass is 32.7. The number of aliphatic hydroxyl groups excluding tert-OH is 1. The Morgan fingerprint density at radius 2 is 1.95 bits per heavy atom. The van der Waals surface area contributed by atoms with Crippen molar-refractivity contribution in [1.82, 2.24) is 29.5 Å². The van der Waals surface area contributed by atoms with E-state index in [1.54, 1.807) is 0 Å². The second kappa shape index (κ2) is 12.0. The van der Waals surface area contributed by atoms with Gasteiger partial charge in [-0.15, -0.1) is 0 Å². The molecule has 0 radical (unpaired) electrons. The molecule has 6 rings (SSSR count). The van der Waals surface area contributed by atoms with Crippen molar-refractivity contribution in [3.63, 3.8) is 0 Å². The standard InChI is InChI=1S/C21H27FN8O9P2S2/c22-11-5-24-7-25-17(11)27-10-3-9-1-2-35-40(33,42)39-16-15(31)13(6-36-41(34,43)38-12(9)4-10)37-20(16)30-8-26-14-18(30)28-21(23)29-19(14)32/h5,7-10,12-13,15-16,20,31H,1-4,6H2,(H,33,42)(H,34,43)(H,24,25,27)(H3,23,28,29,32)/t9-,10+,12-,13+,15+,16+,20+,40?,41?/m0/s1. The smallest absolute Gasteiger partial charge is 0.386 e. The molecular weight excluding hydrogens is 653 g/mol. The van der Waals surface area contributed by atoms with Gasteiger partial charge in [0.05, 0.1) is 31.8 Å². The van der Waals surface area contributed by atoms with Crippen LogP contribution in [0, 0.1) is 11.7 Å². The van der Waals surface area contributed by atoms with Crippen LogP contribution in [0.15, 0.2) is 23.6 Å². The summed E-state index contributed by atoms with van der Waals surface area (Å²) in [6.45, 7) is -8.78. The van der Waals surface area contributed by atoms with E-state index in [-0.39, 0.29) is 54.3 Å². The van der Waals surface area contributed by atoms with Crippen LogP contribution in [0.4, 0.5) is 16.2 Å². The molecule has 2 unspecified atom stereocenters. The van der Waals surface area contributed by atoms with Crippen molar-refractivity contribution in [2.75, 3.05) is 24.3 Å². The zero-order valence-electron chi connectivity index (χ0n) is 22.0. The summed E-state index contributed by atoms with van der Waals surface area (Å²) in [5.41, 5.74) is 5.02. The number of aromatic amines is 1. The summed E-state index contributed by atoms with van der Waals surface area (Å²) in [6, 6.07) is -0.329. The van der Waals surface area contributed by atoms with Crippen LogP contribution >= 0.6 is 38.1 Å². The number of H-pyrrole nitrogens is 1. The number of hydrogen-bond donors (Lipinski definition) is 6. The number of thiol groups is 2. The van der Waals surface area contributed by atoms with Crippen LogP contribution in [-0.4, -0.2) is 78.3 Å². The summed E-state index contributed by atoms with van der Waals surface area (Å²) < 4.78 is 70.6. The van der Waals surface area contributed by atoms with E-state index in [0.717, 1.165) is 6.20 Å². The quantitative estimate of drug-likeness (QED) is 0.172. The molecule has 0 amide bonds. The van der Waals surface area contributed by atoms with Crippen molar-refractivity contribution >= 4 is 61.0 Å². The fraction of sp³-hybridized carbons (Fsp3) is 0.571. The largest absolute Gasteiger partial charge is 0.387 e. The van der Waals surface area contributed by atoms with Crippen molar-refractivity contribution in [2.24, 2.45) is 5.92 Å². The Labute approximate surface area is 252 Å². The van der Waals surface area contributed by atoms with Crippen LogP contribution in [0.1, 0.15) is 25.5 Å². The molecule has 5 N–H and O–H groups in total. The van der Waals surface area contributed by atoms with E-state index in [0.29, 0.717) is 6.42 Å². The molecule has 1 saturated carbocycles. The van der Waals surface area contributed by atoms with Crippen LogP contribution in [-0.2, 0) is 32.0 Å². The number of rotatable bonds is 3. The van der Waals surface area contributed by atoms with E-state index in [2.05, 4.69) is 54.7 Å². The second-order valence-corrected chi connectivity index (χ2v) is 15.9. The molecule has 9 atom stereocenters. The minimum Gasteiger partial charge on any atom is -0.387 e. The van der Waals surface area contributed by atoms with E-state index in [1.165, 1.54) is 17.2 Å². The first-order valence-electron chi connectivity index (χ1n) is 13.0. The molecule has 43 heavy (non-hydrogen) atoms. The van der Waals surface area contributed by atoms with Crippen molar-refractivity contribution < 1.29 is 41.5 Å². The van der Waals surface area contributed by atoms with Gasteiger partial charge in [-0.3, -0.25) is 27.9 Å². The number of nitrogens with one attached hydrogen (secondary N) is 2. The third kappa shape index (κ3) is 6.63. The Morgan fingerprint density at radius 1 is 1.16 bits per heavy atom. The SMILES string of the molecule is Nc1nc2c(ncn2[C@@H]2O[C@@H]3COP(=O)(S)O[C@H]4C[C@H](Nc5ncncc5F)C[C@@H]4CCOP(=O)(S)O[C@@H]2[C@@H]3O)c(=O)[nH]1. The van der Waals surface area contributed by atoms with Gasteiger partial charge in [0.15, 0.2) is 29.0 Å². The Hall–Kier alpha value is -2.12. The van der Waals surface area contributed by atoms with Crippen LogP contribution in [0.25, 0.3) is 11.2 Å². The van der Waals surface area contributed by atoms with Crippen molar-refractivity contribution in [3.05, 3.63) is 35.0 Å². The average molecular weight is 681 g/mol. The normalized spacial score (nSPS) is 37.2. The van der Waals surface area contributed by atoms with Gasteiger partial charge in [-0.2, -0.15) is 4.98 Å². The third-order valence-corrected chi connectivity index (χ3v) is 10.6. The summed E-state index contributed by atoms with van der Waals surface area (Å²) >= 11 is 8.24. The van der Waals surface area contributed by atoms with Gasteiger partial charge in [-0.1, -0.05) is 24.5 Å². The Balaban J connectivity index is 1.25. The highest BCUT2D eigenvalue weighted by Gasteiger charge is 2.50. The first-order valence-corrected chi connectivity index (χ1v) is 18.4. The average Bonchev–Trinajstić information content (AvgIpc) is 3.59. The number of imidazole rings is 1. The van der Waals surface area contributed by atoms with Crippen LogP contribution in [0.2, 0.25) is 0 Å². The number of fused-ring (bicyclic) bond motifs is 4. The third-order valence-electron chi connectivity index (χ3n) is 7.34. The number of aromatic nitrogens is 6. The highest BCUT2D eigenvalue weighted by molar-refractivity contribution is 8.44. The Kier molecular flexibility index (Phi) is 8.62. The molecule has 2 aliphatic heterocycles. The number of anilines is 2. The summed E-state index contributed by atoms with van der Waals surface area (Å²) in [6.07, 6.45) is -1.64. The molecule has 0 spiro atoms. The van der Waals surface area contributed by atoms with E-state index >= 15 is 0 Å². The molecule has 3 aromatic heterocycles. The van der Waals surface area contributed by atoms with Gasteiger partial charge in [0.1, 0.15) is 24.6 Å². The van der Waals surface area contributed by atoms with E-state index in [1.807, 2.05) is 0 Å². The minimum atomic E-state index is -4.13. The molecule has 22 heteroatoms. The number of halogens is 1. The van der Waals surface area contributed by atoms with E-state index < -0.39 is 62.2 Å². The molecule has 2 saturated heterocycles. The molecular formula is C21H27FN8O9P2S2. The molecule has 17 nitrogen and oxygen atoms in total. The van der Waals surface area contributed by atoms with Gasteiger partial charge in [0, 0.05) is 6.04 Å². The monoisotopic (exact) mass is 680 g/mol. The van der Waals surface area contributed by atoms with Crippen molar-refractivity contribution in [2.45, 2.75) is 55.9 Å². The van der Waals surface area contributed by atoms with E-state index in [4.69, 9.17) is 28.6 Å². The van der Waals surface area contributed by atoms with E-state index in [9.17, 15) is 23.4 Å². The number of ether oxygens (including phenoxy) is 1.